The van der Waals surface area contributed by atoms with Gasteiger partial charge in [0, 0.05) is 24.5 Å². The number of hydrogen-bond donors (Lipinski definition) is 2. The SMILES string of the molecule is CCCCc1cc2ccccc2c(OCC[N+](C)(C)[C@H]2CCC(Cc3ccc4c(c3)nnn4C)C[C@@]2(O)C(N)=O)n1. The number of aromatic nitrogens is 4. The van der Waals surface area contributed by atoms with Crippen molar-refractivity contribution >= 4 is 27.7 Å². The summed E-state index contributed by atoms with van der Waals surface area (Å²) in [5.41, 5.74) is 8.28. The highest BCUT2D eigenvalue weighted by Gasteiger charge is 2.54. The van der Waals surface area contributed by atoms with Crippen LogP contribution in [-0.4, -0.2) is 74.4 Å². The molecule has 9 heteroatoms. The number of pyridine rings is 1. The van der Waals surface area contributed by atoms with E-state index in [9.17, 15) is 9.90 Å². The standard InChI is InChI=1S/C32H42N6O3/c1-5-6-10-25-20-24-9-7-8-11-26(24)30(34-25)41-17-16-38(3,4)29-15-13-23(21-32(29,40)31(33)39)18-22-12-14-28-27(19-22)35-36-37(28)2/h7-9,11-12,14,19-20,23,29,40H,5-6,10,13,15-18,21H2,1-4H3,(H-,33,39)/p+1/t23?,29-,32-/m0/s1. The van der Waals surface area contributed by atoms with Crippen LogP contribution in [0.1, 0.15) is 50.3 Å². The van der Waals surface area contributed by atoms with E-state index in [0.29, 0.717) is 36.4 Å². The van der Waals surface area contributed by atoms with Gasteiger partial charge >= 0.3 is 0 Å². The molecule has 0 bridgehead atoms. The summed E-state index contributed by atoms with van der Waals surface area (Å²) >= 11 is 0. The van der Waals surface area contributed by atoms with Gasteiger partial charge in [0.05, 0.1) is 19.6 Å². The predicted octanol–water partition coefficient (Wildman–Crippen LogP) is 3.94. The number of hydrogen-bond acceptors (Lipinski definition) is 6. The fourth-order valence-electron chi connectivity index (χ4n) is 6.57. The molecule has 1 aliphatic rings. The Morgan fingerprint density at radius 1 is 1.20 bits per heavy atom. The van der Waals surface area contributed by atoms with E-state index in [1.807, 2.05) is 51.5 Å². The summed E-state index contributed by atoms with van der Waals surface area (Å²) in [6, 6.07) is 16.1. The van der Waals surface area contributed by atoms with Crippen LogP contribution in [0.25, 0.3) is 21.8 Å². The molecule has 4 aromatic rings. The second-order valence-corrected chi connectivity index (χ2v) is 12.3. The third-order valence-electron chi connectivity index (χ3n) is 8.92. The molecule has 41 heavy (non-hydrogen) atoms. The normalized spacial score (nSPS) is 21.4. The van der Waals surface area contributed by atoms with Gasteiger partial charge in [-0.25, -0.2) is 9.67 Å². The summed E-state index contributed by atoms with van der Waals surface area (Å²) < 4.78 is 8.47. The van der Waals surface area contributed by atoms with E-state index in [1.54, 1.807) is 4.68 Å². The Hall–Kier alpha value is -3.56. The lowest BCUT2D eigenvalue weighted by Crippen LogP contribution is -2.68. The van der Waals surface area contributed by atoms with E-state index in [4.69, 9.17) is 15.5 Å². The molecule has 3 N–H and O–H groups in total. The molecule has 2 aromatic carbocycles. The molecule has 1 unspecified atom stereocenters. The molecule has 9 nitrogen and oxygen atoms in total. The molecule has 0 spiro atoms. The Labute approximate surface area is 241 Å². The molecule has 0 aliphatic heterocycles. The van der Waals surface area contributed by atoms with Gasteiger partial charge in [0.2, 0.25) is 5.88 Å². The van der Waals surface area contributed by atoms with Crippen molar-refractivity contribution < 1.29 is 19.1 Å². The summed E-state index contributed by atoms with van der Waals surface area (Å²) in [7, 11) is 5.97. The van der Waals surface area contributed by atoms with E-state index < -0.39 is 11.5 Å². The van der Waals surface area contributed by atoms with Crippen LogP contribution in [-0.2, 0) is 24.7 Å². The van der Waals surface area contributed by atoms with Crippen LogP contribution in [0.15, 0.2) is 48.5 Å². The largest absolute Gasteiger partial charge is 0.471 e. The zero-order chi connectivity index (χ0) is 29.2. The summed E-state index contributed by atoms with van der Waals surface area (Å²) in [4.78, 5) is 17.6. The number of aryl methyl sites for hydroxylation is 2. The first-order valence-electron chi connectivity index (χ1n) is 14.8. The number of benzene rings is 2. The number of likely N-dealkylation sites (N-methyl/N-ethyl adjacent to an activating group) is 1. The Balaban J connectivity index is 1.27. The topological polar surface area (TPSA) is 116 Å². The van der Waals surface area contributed by atoms with Gasteiger partial charge in [-0.2, -0.15) is 0 Å². The maximum Gasteiger partial charge on any atom is 0.255 e. The van der Waals surface area contributed by atoms with E-state index in [1.165, 1.54) is 0 Å². The number of unbranched alkanes of at least 4 members (excludes halogenated alkanes) is 1. The van der Waals surface area contributed by atoms with Gasteiger partial charge in [-0.1, -0.05) is 42.8 Å². The molecular formula is C32H43N6O3+. The lowest BCUT2D eigenvalue weighted by molar-refractivity contribution is -0.922. The zero-order valence-electron chi connectivity index (χ0n) is 24.7. The van der Waals surface area contributed by atoms with Crippen molar-refractivity contribution in [3.63, 3.8) is 0 Å². The van der Waals surface area contributed by atoms with Gasteiger partial charge in [0.25, 0.3) is 5.91 Å². The number of nitrogens with two attached hydrogens (primary N) is 1. The fourth-order valence-corrected chi connectivity index (χ4v) is 6.57. The number of rotatable bonds is 11. The Bertz CT molecular complexity index is 1530. The first-order chi connectivity index (χ1) is 19.6. The van der Waals surface area contributed by atoms with Crippen molar-refractivity contribution in [1.82, 2.24) is 20.0 Å². The number of carbonyl (C=O) groups excluding carboxylic acids is 1. The van der Waals surface area contributed by atoms with Crippen molar-refractivity contribution in [3.8, 4) is 5.88 Å². The number of fused-ring (bicyclic) bond motifs is 2. The monoisotopic (exact) mass is 559 g/mol. The second kappa shape index (κ2) is 11.7. The minimum atomic E-state index is -1.60. The molecule has 1 saturated carbocycles. The lowest BCUT2D eigenvalue weighted by atomic mass is 9.71. The van der Waals surface area contributed by atoms with Crippen molar-refractivity contribution in [2.45, 2.75) is 63.5 Å². The van der Waals surface area contributed by atoms with Crippen LogP contribution in [0, 0.1) is 5.92 Å². The molecular weight excluding hydrogens is 516 g/mol. The lowest BCUT2D eigenvalue weighted by Gasteiger charge is -2.49. The molecule has 2 heterocycles. The average Bonchev–Trinajstić information content (AvgIpc) is 3.31. The highest BCUT2D eigenvalue weighted by atomic mass is 16.5. The summed E-state index contributed by atoms with van der Waals surface area (Å²) in [6.07, 6.45) is 5.78. The smallest absolute Gasteiger partial charge is 0.255 e. The summed E-state index contributed by atoms with van der Waals surface area (Å²) in [6.45, 7) is 3.19. The zero-order valence-corrected chi connectivity index (χ0v) is 24.7. The van der Waals surface area contributed by atoms with Crippen molar-refractivity contribution in [2.75, 3.05) is 27.2 Å². The second-order valence-electron chi connectivity index (χ2n) is 12.3. The number of amides is 1. The number of aliphatic hydroxyl groups is 1. The molecule has 218 valence electrons. The highest BCUT2D eigenvalue weighted by molar-refractivity contribution is 5.87. The Kier molecular flexibility index (Phi) is 8.29. The minimum Gasteiger partial charge on any atom is -0.471 e. The molecule has 3 atom stereocenters. The molecule has 5 rings (SSSR count). The van der Waals surface area contributed by atoms with Crippen LogP contribution in [0.5, 0.6) is 5.88 Å². The first-order valence-corrected chi connectivity index (χ1v) is 14.8. The van der Waals surface area contributed by atoms with Gasteiger partial charge in [-0.15, -0.1) is 5.10 Å². The van der Waals surface area contributed by atoms with Crippen LogP contribution in [0.2, 0.25) is 0 Å². The molecule has 0 radical (unpaired) electrons. The average molecular weight is 560 g/mol. The third-order valence-corrected chi connectivity index (χ3v) is 8.92. The molecule has 1 fully saturated rings. The number of nitrogens with zero attached hydrogens (tertiary/aromatic N) is 5. The number of ether oxygens (including phenoxy) is 1. The van der Waals surface area contributed by atoms with Gasteiger partial charge < -0.3 is 20.1 Å². The maximum atomic E-state index is 12.8. The van der Waals surface area contributed by atoms with Crippen LogP contribution in [0.4, 0.5) is 0 Å². The van der Waals surface area contributed by atoms with Crippen LogP contribution < -0.4 is 10.5 Å². The number of quaternary nitrogens is 1. The fraction of sp³-hybridized carbons (Fsp3) is 0.500. The summed E-state index contributed by atoms with van der Waals surface area (Å²) in [5.74, 6) is 0.124. The van der Waals surface area contributed by atoms with Crippen molar-refractivity contribution in [3.05, 3.63) is 59.8 Å². The van der Waals surface area contributed by atoms with E-state index >= 15 is 0 Å². The first kappa shape index (κ1) is 29.0. The highest BCUT2D eigenvalue weighted by Crippen LogP contribution is 2.39. The summed E-state index contributed by atoms with van der Waals surface area (Å²) in [5, 5.41) is 22.2. The maximum absolute atomic E-state index is 12.8. The van der Waals surface area contributed by atoms with Crippen molar-refractivity contribution in [1.29, 1.82) is 0 Å². The van der Waals surface area contributed by atoms with E-state index in [-0.39, 0.29) is 12.0 Å². The van der Waals surface area contributed by atoms with E-state index in [0.717, 1.165) is 65.2 Å². The van der Waals surface area contributed by atoms with Gasteiger partial charge in [0.1, 0.15) is 24.7 Å². The minimum absolute atomic E-state index is 0.135. The quantitative estimate of drug-likeness (QED) is 0.269. The van der Waals surface area contributed by atoms with E-state index in [2.05, 4.69) is 35.4 Å². The van der Waals surface area contributed by atoms with Crippen LogP contribution >= 0.6 is 0 Å². The van der Waals surface area contributed by atoms with Gasteiger partial charge in [0.15, 0.2) is 5.60 Å². The van der Waals surface area contributed by atoms with Gasteiger partial charge in [-0.3, -0.25) is 4.79 Å². The Morgan fingerprint density at radius 2 is 2.00 bits per heavy atom. The Morgan fingerprint density at radius 3 is 2.78 bits per heavy atom. The third kappa shape index (κ3) is 6.06. The number of primary amides is 1. The molecule has 1 amide bonds. The molecule has 2 aromatic heterocycles. The van der Waals surface area contributed by atoms with Crippen LogP contribution in [0.3, 0.4) is 0 Å². The van der Waals surface area contributed by atoms with Gasteiger partial charge in [-0.05, 0) is 73.2 Å². The molecule has 1 aliphatic carbocycles. The van der Waals surface area contributed by atoms with Crippen molar-refractivity contribution in [2.24, 2.45) is 18.7 Å². The predicted molar refractivity (Wildman–Crippen MR) is 160 cm³/mol. The molecule has 0 saturated heterocycles. The number of carbonyl (C=O) groups is 1.